The molecule has 6 heteroatoms. The molecule has 0 aliphatic carbocycles. The molecular formula is C22H20BrNO4. The molecule has 3 aromatic carbocycles. The molecule has 0 spiro atoms. The van der Waals surface area contributed by atoms with Gasteiger partial charge in [-0.3, -0.25) is 4.79 Å². The van der Waals surface area contributed by atoms with E-state index in [1.165, 1.54) is 6.07 Å². The zero-order chi connectivity index (χ0) is 19.9. The van der Waals surface area contributed by atoms with Crippen molar-refractivity contribution in [3.63, 3.8) is 0 Å². The summed E-state index contributed by atoms with van der Waals surface area (Å²) in [5.41, 5.74) is 1.92. The fourth-order valence-corrected chi connectivity index (χ4v) is 3.17. The highest BCUT2D eigenvalue weighted by atomic mass is 79.9. The first-order chi connectivity index (χ1) is 13.6. The number of carbonyl (C=O) groups excluding carboxylic acids is 1. The van der Waals surface area contributed by atoms with Crippen LogP contribution in [-0.2, 0) is 6.61 Å². The Hall–Kier alpha value is -2.99. The van der Waals surface area contributed by atoms with E-state index < -0.39 is 0 Å². The van der Waals surface area contributed by atoms with Gasteiger partial charge in [0.1, 0.15) is 12.4 Å². The maximum Gasteiger partial charge on any atom is 0.255 e. The molecule has 5 nitrogen and oxygen atoms in total. The Morgan fingerprint density at radius 2 is 1.82 bits per heavy atom. The van der Waals surface area contributed by atoms with Gasteiger partial charge in [-0.2, -0.15) is 0 Å². The minimum atomic E-state index is -0.320. The van der Waals surface area contributed by atoms with Crippen molar-refractivity contribution in [2.45, 2.75) is 13.5 Å². The van der Waals surface area contributed by atoms with Crippen LogP contribution in [0.3, 0.4) is 0 Å². The van der Waals surface area contributed by atoms with Crippen LogP contribution in [0.15, 0.2) is 71.2 Å². The standard InChI is InChI=1S/C22H20BrNO4/c1-2-27-21-19(23)11-16(22(26)24-17-9-6-10-18(25)13-17)12-20(21)28-14-15-7-4-3-5-8-15/h3-13,25H,2,14H2,1H3,(H,24,26). The van der Waals surface area contributed by atoms with E-state index in [4.69, 9.17) is 9.47 Å². The molecule has 144 valence electrons. The van der Waals surface area contributed by atoms with Crippen LogP contribution in [0.2, 0.25) is 0 Å². The Labute approximate surface area is 172 Å². The van der Waals surface area contributed by atoms with Crippen molar-refractivity contribution in [2.24, 2.45) is 0 Å². The van der Waals surface area contributed by atoms with Gasteiger partial charge in [-0.25, -0.2) is 0 Å². The average molecular weight is 442 g/mol. The van der Waals surface area contributed by atoms with E-state index in [2.05, 4.69) is 21.2 Å². The normalized spacial score (nSPS) is 10.4. The third-order valence-corrected chi connectivity index (χ3v) is 4.49. The number of halogens is 1. The number of amides is 1. The minimum Gasteiger partial charge on any atom is -0.508 e. The highest BCUT2D eigenvalue weighted by Gasteiger charge is 2.16. The molecule has 1 amide bonds. The van der Waals surface area contributed by atoms with E-state index in [0.717, 1.165) is 5.56 Å². The predicted molar refractivity (Wildman–Crippen MR) is 112 cm³/mol. The maximum absolute atomic E-state index is 12.7. The number of hydrogen-bond acceptors (Lipinski definition) is 4. The third-order valence-electron chi connectivity index (χ3n) is 3.90. The quantitative estimate of drug-likeness (QED) is 0.515. The summed E-state index contributed by atoms with van der Waals surface area (Å²) in [6.07, 6.45) is 0. The van der Waals surface area contributed by atoms with E-state index in [0.29, 0.717) is 40.4 Å². The molecule has 0 atom stereocenters. The molecule has 0 aliphatic heterocycles. The fraction of sp³-hybridized carbons (Fsp3) is 0.136. The zero-order valence-corrected chi connectivity index (χ0v) is 16.9. The lowest BCUT2D eigenvalue weighted by molar-refractivity contribution is 0.102. The van der Waals surface area contributed by atoms with Crippen LogP contribution in [-0.4, -0.2) is 17.6 Å². The molecule has 0 aromatic heterocycles. The number of nitrogens with one attached hydrogen (secondary N) is 1. The number of aromatic hydroxyl groups is 1. The largest absolute Gasteiger partial charge is 0.508 e. The van der Waals surface area contributed by atoms with Gasteiger partial charge in [0, 0.05) is 17.3 Å². The van der Waals surface area contributed by atoms with Crippen LogP contribution in [0.5, 0.6) is 17.2 Å². The van der Waals surface area contributed by atoms with Crippen molar-refractivity contribution in [1.82, 2.24) is 0 Å². The van der Waals surface area contributed by atoms with Crippen LogP contribution < -0.4 is 14.8 Å². The second-order valence-corrected chi connectivity index (χ2v) is 6.85. The molecule has 0 radical (unpaired) electrons. The van der Waals surface area contributed by atoms with Gasteiger partial charge >= 0.3 is 0 Å². The van der Waals surface area contributed by atoms with Crippen LogP contribution in [0.1, 0.15) is 22.8 Å². The third kappa shape index (κ3) is 5.04. The summed E-state index contributed by atoms with van der Waals surface area (Å²) in [4.78, 5) is 12.7. The van der Waals surface area contributed by atoms with Crippen molar-refractivity contribution in [2.75, 3.05) is 11.9 Å². The van der Waals surface area contributed by atoms with Crippen LogP contribution in [0.25, 0.3) is 0 Å². The molecule has 0 fully saturated rings. The fourth-order valence-electron chi connectivity index (χ4n) is 2.61. The van der Waals surface area contributed by atoms with Crippen molar-refractivity contribution in [1.29, 1.82) is 0 Å². The Morgan fingerprint density at radius 1 is 1.04 bits per heavy atom. The van der Waals surface area contributed by atoms with Crippen molar-refractivity contribution in [3.8, 4) is 17.2 Å². The summed E-state index contributed by atoms with van der Waals surface area (Å²) in [5.74, 6) is 0.782. The van der Waals surface area contributed by atoms with Gasteiger partial charge in [-0.15, -0.1) is 0 Å². The lowest BCUT2D eigenvalue weighted by atomic mass is 10.1. The number of phenols is 1. The second kappa shape index (κ2) is 9.28. The maximum atomic E-state index is 12.7. The van der Waals surface area contributed by atoms with E-state index in [1.807, 2.05) is 37.3 Å². The number of anilines is 1. The molecule has 0 unspecified atom stereocenters. The Balaban J connectivity index is 1.85. The molecule has 0 saturated carbocycles. The van der Waals surface area contributed by atoms with E-state index in [1.54, 1.807) is 30.3 Å². The van der Waals surface area contributed by atoms with Crippen molar-refractivity contribution >= 4 is 27.5 Å². The molecule has 28 heavy (non-hydrogen) atoms. The van der Waals surface area contributed by atoms with Crippen LogP contribution >= 0.6 is 15.9 Å². The van der Waals surface area contributed by atoms with Crippen molar-refractivity contribution in [3.05, 3.63) is 82.3 Å². The molecule has 0 aliphatic rings. The lowest BCUT2D eigenvalue weighted by Crippen LogP contribution is -2.12. The van der Waals surface area contributed by atoms with Crippen LogP contribution in [0, 0.1) is 0 Å². The number of phenolic OH excluding ortho intramolecular Hbond substituents is 1. The topological polar surface area (TPSA) is 67.8 Å². The molecule has 3 rings (SSSR count). The van der Waals surface area contributed by atoms with Gasteiger partial charge in [-0.05, 0) is 52.7 Å². The minimum absolute atomic E-state index is 0.0811. The monoisotopic (exact) mass is 441 g/mol. The highest BCUT2D eigenvalue weighted by molar-refractivity contribution is 9.10. The highest BCUT2D eigenvalue weighted by Crippen LogP contribution is 2.37. The first-order valence-corrected chi connectivity index (χ1v) is 9.59. The Morgan fingerprint density at radius 3 is 2.54 bits per heavy atom. The van der Waals surface area contributed by atoms with E-state index in [9.17, 15) is 9.90 Å². The average Bonchev–Trinajstić information content (AvgIpc) is 2.69. The van der Waals surface area contributed by atoms with Gasteiger partial charge in [0.15, 0.2) is 11.5 Å². The Bertz CT molecular complexity index is 960. The van der Waals surface area contributed by atoms with Gasteiger partial charge in [0.2, 0.25) is 0 Å². The van der Waals surface area contributed by atoms with Gasteiger partial charge in [-0.1, -0.05) is 36.4 Å². The molecular weight excluding hydrogens is 422 g/mol. The van der Waals surface area contributed by atoms with Gasteiger partial charge in [0.25, 0.3) is 5.91 Å². The molecule has 0 saturated heterocycles. The van der Waals surface area contributed by atoms with E-state index >= 15 is 0 Å². The zero-order valence-electron chi connectivity index (χ0n) is 15.3. The summed E-state index contributed by atoms with van der Waals surface area (Å²) in [5, 5.41) is 12.3. The summed E-state index contributed by atoms with van der Waals surface area (Å²) in [6.45, 7) is 2.70. The Kier molecular flexibility index (Phi) is 6.55. The number of benzene rings is 3. The van der Waals surface area contributed by atoms with Crippen molar-refractivity contribution < 1.29 is 19.4 Å². The summed E-state index contributed by atoms with van der Waals surface area (Å²) >= 11 is 3.47. The smallest absolute Gasteiger partial charge is 0.255 e. The van der Waals surface area contributed by atoms with Gasteiger partial charge < -0.3 is 19.9 Å². The first kappa shape index (κ1) is 19.8. The molecule has 3 aromatic rings. The molecule has 0 bridgehead atoms. The number of rotatable bonds is 7. The number of carbonyl (C=O) groups is 1. The summed E-state index contributed by atoms with van der Waals surface area (Å²) < 4.78 is 12.3. The number of hydrogen-bond donors (Lipinski definition) is 2. The SMILES string of the molecule is CCOc1c(Br)cc(C(=O)Nc2cccc(O)c2)cc1OCc1ccccc1. The molecule has 0 heterocycles. The van der Waals surface area contributed by atoms with E-state index in [-0.39, 0.29) is 11.7 Å². The molecule has 2 N–H and O–H groups in total. The summed E-state index contributed by atoms with van der Waals surface area (Å²) in [6, 6.07) is 19.5. The van der Waals surface area contributed by atoms with Gasteiger partial charge in [0.05, 0.1) is 11.1 Å². The lowest BCUT2D eigenvalue weighted by Gasteiger charge is -2.15. The van der Waals surface area contributed by atoms with Crippen LogP contribution in [0.4, 0.5) is 5.69 Å². The predicted octanol–water partition coefficient (Wildman–Crippen LogP) is 5.38. The first-order valence-electron chi connectivity index (χ1n) is 8.80. The number of ether oxygens (including phenoxy) is 2. The summed E-state index contributed by atoms with van der Waals surface area (Å²) in [7, 11) is 0. The second-order valence-electron chi connectivity index (χ2n) is 6.00.